The smallest absolute Gasteiger partial charge is 0.355 e. The highest BCUT2D eigenvalue weighted by atomic mass is 35.5. The van der Waals surface area contributed by atoms with E-state index in [0.717, 1.165) is 30.8 Å². The van der Waals surface area contributed by atoms with Crippen molar-refractivity contribution in [3.63, 3.8) is 0 Å². The van der Waals surface area contributed by atoms with Crippen molar-refractivity contribution in [2.24, 2.45) is 12.5 Å². The first-order valence-corrected chi connectivity index (χ1v) is 24.2. The fourth-order valence-electron chi connectivity index (χ4n) is 8.40. The highest BCUT2D eigenvalue weighted by Crippen LogP contribution is 2.31. The molecule has 24 heteroatoms. The van der Waals surface area contributed by atoms with Gasteiger partial charge < -0.3 is 26.0 Å². The molecule has 1 saturated heterocycles. The number of aromatic nitrogens is 9. The van der Waals surface area contributed by atoms with Gasteiger partial charge in [0.25, 0.3) is 0 Å². The molecule has 3 amide bonds. The monoisotopic (exact) mass is 1030 g/mol. The number of aryl methyl sites for hydroxylation is 3. The lowest BCUT2D eigenvalue weighted by Gasteiger charge is -2.35. The molecule has 72 heavy (non-hydrogen) atoms. The average molecular weight is 1030 g/mol. The third-order valence-electron chi connectivity index (χ3n) is 12.2. The van der Waals surface area contributed by atoms with Crippen molar-refractivity contribution in [1.29, 1.82) is 0 Å². The van der Waals surface area contributed by atoms with E-state index in [1.807, 2.05) is 31.2 Å². The number of thiazole rings is 1. The molecule has 19 nitrogen and oxygen atoms in total. The summed E-state index contributed by atoms with van der Waals surface area (Å²) in [6.07, 6.45) is 3.16. The number of rotatable bonds is 17. The molecular formula is C48H51ClF3N13O6S. The second-order valence-electron chi connectivity index (χ2n) is 18.7. The minimum Gasteiger partial charge on any atom is -0.391 e. The molecule has 3 atom stereocenters. The SMILES string of the molecule is Cc1ncsc1-c1ccc(CNC(=O)[C@@H]2C[C@@H](O)CN2C(=O)[C@@H](NC(=O)CCCCn2cc(Cn3c(=O)nc(Nc4cc5cn(C)nc5cc4Cl)n(Cc4cc(F)c(F)cc4F)c3=O)nn2)C(C)(C)C)cc1. The minimum absolute atomic E-state index is 0.0379. The maximum Gasteiger partial charge on any atom is 0.355 e. The van der Waals surface area contributed by atoms with Crippen molar-refractivity contribution in [2.45, 2.75) is 97.7 Å². The second-order valence-corrected chi connectivity index (χ2v) is 20.0. The zero-order valence-electron chi connectivity index (χ0n) is 39.8. The van der Waals surface area contributed by atoms with E-state index in [0.29, 0.717) is 35.9 Å². The average Bonchev–Trinajstić information content (AvgIpc) is 4.14. The highest BCUT2D eigenvalue weighted by molar-refractivity contribution is 7.13. The van der Waals surface area contributed by atoms with Crippen molar-refractivity contribution in [1.82, 2.24) is 59.4 Å². The highest BCUT2D eigenvalue weighted by Gasteiger charge is 2.44. The van der Waals surface area contributed by atoms with Crippen LogP contribution in [-0.2, 0) is 47.6 Å². The van der Waals surface area contributed by atoms with Crippen molar-refractivity contribution >= 4 is 63.2 Å². The van der Waals surface area contributed by atoms with E-state index in [4.69, 9.17) is 11.6 Å². The number of unbranched alkanes of at least 4 members (excludes halogenated alkanes) is 1. The number of nitrogens with zero attached hydrogens (tertiary/aromatic N) is 10. The Balaban J connectivity index is 0.881. The van der Waals surface area contributed by atoms with E-state index >= 15 is 0 Å². The summed E-state index contributed by atoms with van der Waals surface area (Å²) in [4.78, 5) is 79.3. The third kappa shape index (κ3) is 11.6. The number of halogens is 4. The van der Waals surface area contributed by atoms with Crippen LogP contribution in [0, 0.1) is 29.8 Å². The van der Waals surface area contributed by atoms with Crippen LogP contribution in [0.15, 0.2) is 76.0 Å². The Hall–Kier alpha value is -7.24. The fourth-order valence-corrected chi connectivity index (χ4v) is 9.42. The van der Waals surface area contributed by atoms with Crippen molar-refractivity contribution in [3.8, 4) is 10.4 Å². The molecule has 8 rings (SSSR count). The summed E-state index contributed by atoms with van der Waals surface area (Å²) in [5.74, 6) is -5.58. The zero-order chi connectivity index (χ0) is 51.6. The van der Waals surface area contributed by atoms with Crippen LogP contribution in [0.2, 0.25) is 5.02 Å². The molecule has 378 valence electrons. The van der Waals surface area contributed by atoms with Crippen LogP contribution in [0.1, 0.15) is 69.0 Å². The molecule has 0 saturated carbocycles. The van der Waals surface area contributed by atoms with E-state index in [9.17, 15) is 42.3 Å². The zero-order valence-corrected chi connectivity index (χ0v) is 41.4. The van der Waals surface area contributed by atoms with Crippen LogP contribution >= 0.6 is 22.9 Å². The molecule has 1 aliphatic heterocycles. The predicted octanol–water partition coefficient (Wildman–Crippen LogP) is 5.21. The van der Waals surface area contributed by atoms with Gasteiger partial charge in [0.15, 0.2) is 11.6 Å². The van der Waals surface area contributed by atoms with Crippen LogP contribution in [0.5, 0.6) is 0 Å². The first-order valence-electron chi connectivity index (χ1n) is 22.9. The molecule has 0 aliphatic carbocycles. The number of fused-ring (bicyclic) bond motifs is 1. The number of anilines is 2. The molecule has 0 spiro atoms. The number of carbonyl (C=O) groups excluding carboxylic acids is 3. The number of hydrogen-bond acceptors (Lipinski definition) is 13. The fraction of sp³-hybridized carbons (Fsp3) is 0.375. The molecule has 0 bridgehead atoms. The molecule has 0 radical (unpaired) electrons. The Morgan fingerprint density at radius 1 is 0.972 bits per heavy atom. The summed E-state index contributed by atoms with van der Waals surface area (Å²) in [6.45, 7) is 6.68. The third-order valence-corrected chi connectivity index (χ3v) is 13.5. The number of amides is 3. The summed E-state index contributed by atoms with van der Waals surface area (Å²) < 4.78 is 47.7. The lowest BCUT2D eigenvalue weighted by molar-refractivity contribution is -0.144. The van der Waals surface area contributed by atoms with Crippen LogP contribution < -0.4 is 27.3 Å². The molecule has 5 heterocycles. The molecule has 7 aromatic rings. The maximum atomic E-state index is 15.0. The van der Waals surface area contributed by atoms with Gasteiger partial charge in [-0.1, -0.05) is 61.9 Å². The van der Waals surface area contributed by atoms with Gasteiger partial charge in [0.1, 0.15) is 23.6 Å². The van der Waals surface area contributed by atoms with E-state index < -0.39 is 88.8 Å². The molecule has 1 fully saturated rings. The maximum absolute atomic E-state index is 15.0. The van der Waals surface area contributed by atoms with E-state index in [1.54, 1.807) is 67.7 Å². The molecule has 4 N–H and O–H groups in total. The lowest BCUT2D eigenvalue weighted by atomic mass is 9.85. The van der Waals surface area contributed by atoms with Gasteiger partial charge in [-0.25, -0.2) is 32.3 Å². The summed E-state index contributed by atoms with van der Waals surface area (Å²) in [5, 5.41) is 32.5. The Labute approximate surface area is 418 Å². The van der Waals surface area contributed by atoms with Crippen LogP contribution in [0.25, 0.3) is 21.3 Å². The molecule has 0 unspecified atom stereocenters. The Bertz CT molecular complexity index is 3290. The quantitative estimate of drug-likeness (QED) is 0.0682. The summed E-state index contributed by atoms with van der Waals surface area (Å²) in [6, 6.07) is 9.91. The molecular weight excluding hydrogens is 979 g/mol. The number of β-amino-alcohol motifs (C(OH)–C–C–N with tert-alkyl or cyclic N) is 1. The number of likely N-dealkylation sites (tertiary alicyclic amines) is 1. The lowest BCUT2D eigenvalue weighted by Crippen LogP contribution is -2.57. The molecule has 4 aromatic heterocycles. The van der Waals surface area contributed by atoms with E-state index in [-0.39, 0.29) is 54.8 Å². The first-order chi connectivity index (χ1) is 34.2. The Kier molecular flexibility index (Phi) is 15.1. The first kappa shape index (κ1) is 51.1. The number of nitrogens with one attached hydrogen (secondary N) is 3. The predicted molar refractivity (Wildman–Crippen MR) is 262 cm³/mol. The summed E-state index contributed by atoms with van der Waals surface area (Å²) in [5.41, 5.74) is 2.38. The van der Waals surface area contributed by atoms with Crippen molar-refractivity contribution < 1.29 is 32.7 Å². The van der Waals surface area contributed by atoms with Gasteiger partial charge in [0, 0.05) is 62.7 Å². The van der Waals surface area contributed by atoms with Gasteiger partial charge in [0.2, 0.25) is 23.7 Å². The van der Waals surface area contributed by atoms with E-state index in [1.165, 1.54) is 15.8 Å². The largest absolute Gasteiger partial charge is 0.391 e. The summed E-state index contributed by atoms with van der Waals surface area (Å²) in [7, 11) is 1.71. The van der Waals surface area contributed by atoms with Crippen molar-refractivity contribution in [2.75, 3.05) is 11.9 Å². The number of hydrogen-bond donors (Lipinski definition) is 4. The summed E-state index contributed by atoms with van der Waals surface area (Å²) >= 11 is 8.06. The number of carbonyl (C=O) groups is 3. The van der Waals surface area contributed by atoms with Crippen LogP contribution in [0.4, 0.5) is 24.8 Å². The van der Waals surface area contributed by atoms with Gasteiger partial charge in [-0.05, 0) is 54.5 Å². The van der Waals surface area contributed by atoms with Gasteiger partial charge in [-0.2, -0.15) is 10.1 Å². The second kappa shape index (κ2) is 21.2. The molecule has 3 aromatic carbocycles. The van der Waals surface area contributed by atoms with Crippen LogP contribution in [-0.4, -0.2) is 96.3 Å². The standard InChI is InChI=1S/C48H51ClF3N13O6S/c1-26-41(72-25-54-26)28-11-9-27(10-12-28)19-53-43(68)39-16-32(66)24-63(39)44(69)42(48(2,3)4)56-40(67)8-6-7-13-62-22-31(58-60-62)23-65-46(70)57-45(55-38-15-30-20-61(5)59-37(30)17-33(38)49)64(47(65)71)21-29-14-35(51)36(52)18-34(29)50/h9-12,14-15,17-18,20,22,25,32,39,42,66H,6-8,13,16,19,21,23-24H2,1-5H3,(H,53,68)(H,56,67)(H,55,57,70)/t32-,39+,42-/m1/s1. The minimum atomic E-state index is -1.43. The number of aliphatic hydroxyl groups excluding tert-OH is 1. The van der Waals surface area contributed by atoms with Gasteiger partial charge >= 0.3 is 11.4 Å². The van der Waals surface area contributed by atoms with E-state index in [2.05, 4.69) is 41.3 Å². The van der Waals surface area contributed by atoms with Gasteiger partial charge in [-0.3, -0.25) is 28.3 Å². The molecule has 1 aliphatic rings. The van der Waals surface area contributed by atoms with Gasteiger partial charge in [-0.15, -0.1) is 16.4 Å². The van der Waals surface area contributed by atoms with Crippen LogP contribution in [0.3, 0.4) is 0 Å². The van der Waals surface area contributed by atoms with Crippen molar-refractivity contribution in [3.05, 3.63) is 132 Å². The topological polar surface area (TPSA) is 229 Å². The number of benzene rings is 3. The van der Waals surface area contributed by atoms with Gasteiger partial charge in [0.05, 0.1) is 57.7 Å². The number of aliphatic hydroxyl groups is 1. The normalized spacial score (nSPS) is 15.3. The Morgan fingerprint density at radius 3 is 2.44 bits per heavy atom. The Morgan fingerprint density at radius 2 is 1.72 bits per heavy atom.